The fraction of sp³-hybridized carbons (Fsp3) is 0.800. The maximum atomic E-state index is 6.07. The van der Waals surface area contributed by atoms with E-state index in [1.807, 2.05) is 12.5 Å². The van der Waals surface area contributed by atoms with E-state index in [4.69, 9.17) is 5.73 Å². The molecule has 1 aromatic rings. The van der Waals surface area contributed by atoms with E-state index in [1.165, 1.54) is 18.5 Å². The van der Waals surface area contributed by atoms with Crippen molar-refractivity contribution in [2.75, 3.05) is 33.7 Å². The van der Waals surface area contributed by atoms with Crippen LogP contribution in [-0.2, 0) is 0 Å². The highest BCUT2D eigenvalue weighted by molar-refractivity contribution is 5.08. The summed E-state index contributed by atoms with van der Waals surface area (Å²) in [5.74, 6) is 0. The van der Waals surface area contributed by atoms with E-state index in [9.17, 15) is 0 Å². The van der Waals surface area contributed by atoms with Crippen molar-refractivity contribution in [2.45, 2.75) is 44.8 Å². The molecule has 114 valence electrons. The molecule has 1 atom stereocenters. The zero-order valence-electron chi connectivity index (χ0n) is 13.3. The average Bonchev–Trinajstić information content (AvgIpc) is 2.89. The molecule has 1 aromatic heterocycles. The van der Waals surface area contributed by atoms with Gasteiger partial charge in [-0.1, -0.05) is 0 Å². The Labute approximate surface area is 122 Å². The van der Waals surface area contributed by atoms with Gasteiger partial charge in [0.2, 0.25) is 0 Å². The SMILES string of the molecule is CC(C)n1cncc1C(CN)N1CCC(N(C)C)CC1. The minimum Gasteiger partial charge on any atom is -0.331 e. The molecular formula is C15H29N5. The Kier molecular flexibility index (Phi) is 5.18. The molecule has 1 aliphatic rings. The third kappa shape index (κ3) is 3.22. The number of nitrogens with two attached hydrogens (primary N) is 1. The Morgan fingerprint density at radius 2 is 2.00 bits per heavy atom. The molecule has 0 spiro atoms. The summed E-state index contributed by atoms with van der Waals surface area (Å²) in [6.45, 7) is 7.28. The largest absolute Gasteiger partial charge is 0.331 e. The minimum absolute atomic E-state index is 0.294. The van der Waals surface area contributed by atoms with Crippen LogP contribution in [0.15, 0.2) is 12.5 Å². The predicted molar refractivity (Wildman–Crippen MR) is 82.7 cm³/mol. The number of rotatable bonds is 5. The third-order valence-corrected chi connectivity index (χ3v) is 4.49. The molecule has 5 heteroatoms. The van der Waals surface area contributed by atoms with Crippen molar-refractivity contribution in [3.8, 4) is 0 Å². The predicted octanol–water partition coefficient (Wildman–Crippen LogP) is 1.49. The van der Waals surface area contributed by atoms with Gasteiger partial charge < -0.3 is 15.2 Å². The van der Waals surface area contributed by atoms with E-state index in [0.717, 1.165) is 13.1 Å². The van der Waals surface area contributed by atoms with Crippen LogP contribution in [0.3, 0.4) is 0 Å². The van der Waals surface area contributed by atoms with Gasteiger partial charge in [-0.25, -0.2) is 4.98 Å². The summed E-state index contributed by atoms with van der Waals surface area (Å²) in [4.78, 5) is 9.19. The Hall–Kier alpha value is -0.910. The number of likely N-dealkylation sites (tertiary alicyclic amines) is 1. The normalized spacial score (nSPS) is 19.9. The van der Waals surface area contributed by atoms with Crippen molar-refractivity contribution in [3.05, 3.63) is 18.2 Å². The van der Waals surface area contributed by atoms with Crippen LogP contribution in [0.25, 0.3) is 0 Å². The van der Waals surface area contributed by atoms with Crippen LogP contribution in [-0.4, -0.2) is 59.1 Å². The molecule has 1 fully saturated rings. The molecule has 20 heavy (non-hydrogen) atoms. The topological polar surface area (TPSA) is 50.3 Å². The van der Waals surface area contributed by atoms with E-state index in [1.54, 1.807) is 0 Å². The summed E-state index contributed by atoms with van der Waals surface area (Å²) in [7, 11) is 4.35. The maximum Gasteiger partial charge on any atom is 0.0951 e. The van der Waals surface area contributed by atoms with Crippen LogP contribution in [0.1, 0.15) is 44.5 Å². The monoisotopic (exact) mass is 279 g/mol. The van der Waals surface area contributed by atoms with Gasteiger partial charge in [-0.05, 0) is 40.8 Å². The standard InChI is InChI=1S/C15H29N5/c1-12(2)20-11-17-10-15(20)14(9-16)19-7-5-13(6-8-19)18(3)4/h10-14H,5-9,16H2,1-4H3. The summed E-state index contributed by atoms with van der Waals surface area (Å²) in [6.07, 6.45) is 6.35. The van der Waals surface area contributed by atoms with E-state index in [0.29, 0.717) is 24.7 Å². The van der Waals surface area contributed by atoms with Gasteiger partial charge in [-0.15, -0.1) is 0 Å². The van der Waals surface area contributed by atoms with Crippen LogP contribution in [0.2, 0.25) is 0 Å². The first-order valence-corrected chi connectivity index (χ1v) is 7.66. The molecule has 0 aliphatic carbocycles. The molecule has 1 saturated heterocycles. The van der Waals surface area contributed by atoms with Gasteiger partial charge in [0, 0.05) is 37.9 Å². The molecule has 1 aliphatic heterocycles. The zero-order chi connectivity index (χ0) is 14.7. The maximum absolute atomic E-state index is 6.07. The average molecular weight is 279 g/mol. The van der Waals surface area contributed by atoms with E-state index in [-0.39, 0.29) is 0 Å². The molecule has 0 radical (unpaired) electrons. The second-order valence-electron chi connectivity index (χ2n) is 6.30. The molecule has 0 aromatic carbocycles. The first-order chi connectivity index (χ1) is 9.54. The van der Waals surface area contributed by atoms with Crippen molar-refractivity contribution < 1.29 is 0 Å². The first-order valence-electron chi connectivity index (χ1n) is 7.66. The Morgan fingerprint density at radius 1 is 1.35 bits per heavy atom. The fourth-order valence-corrected chi connectivity index (χ4v) is 3.18. The minimum atomic E-state index is 0.294. The molecule has 0 bridgehead atoms. The van der Waals surface area contributed by atoms with E-state index >= 15 is 0 Å². The molecule has 5 nitrogen and oxygen atoms in total. The molecule has 2 N–H and O–H groups in total. The Bertz CT molecular complexity index is 404. The van der Waals surface area contributed by atoms with E-state index in [2.05, 4.69) is 47.3 Å². The highest BCUT2D eigenvalue weighted by Crippen LogP contribution is 2.26. The molecule has 0 amide bonds. The summed E-state index contributed by atoms with van der Waals surface area (Å²) >= 11 is 0. The van der Waals surface area contributed by atoms with Gasteiger partial charge in [0.05, 0.1) is 18.1 Å². The summed E-state index contributed by atoms with van der Waals surface area (Å²) < 4.78 is 2.25. The summed E-state index contributed by atoms with van der Waals surface area (Å²) in [5, 5.41) is 0. The smallest absolute Gasteiger partial charge is 0.0951 e. The fourth-order valence-electron chi connectivity index (χ4n) is 3.18. The second-order valence-corrected chi connectivity index (χ2v) is 6.30. The molecule has 2 rings (SSSR count). The lowest BCUT2D eigenvalue weighted by atomic mass is 10.0. The van der Waals surface area contributed by atoms with Crippen LogP contribution < -0.4 is 5.73 Å². The lowest BCUT2D eigenvalue weighted by Gasteiger charge is -2.39. The van der Waals surface area contributed by atoms with Gasteiger partial charge >= 0.3 is 0 Å². The summed E-state index contributed by atoms with van der Waals surface area (Å²) in [5.41, 5.74) is 7.32. The number of imidazole rings is 1. The van der Waals surface area contributed by atoms with Gasteiger partial charge in [0.25, 0.3) is 0 Å². The van der Waals surface area contributed by atoms with Gasteiger partial charge in [-0.2, -0.15) is 0 Å². The number of aromatic nitrogens is 2. The number of piperidine rings is 1. The Morgan fingerprint density at radius 3 is 2.50 bits per heavy atom. The van der Waals surface area contributed by atoms with Crippen molar-refractivity contribution >= 4 is 0 Å². The first kappa shape index (κ1) is 15.5. The second kappa shape index (κ2) is 6.70. The Balaban J connectivity index is 2.08. The number of hydrogen-bond donors (Lipinski definition) is 1. The summed E-state index contributed by atoms with van der Waals surface area (Å²) in [6, 6.07) is 1.43. The molecule has 1 unspecified atom stereocenters. The zero-order valence-corrected chi connectivity index (χ0v) is 13.3. The van der Waals surface area contributed by atoms with Gasteiger partial charge in [0.1, 0.15) is 0 Å². The van der Waals surface area contributed by atoms with Crippen molar-refractivity contribution in [3.63, 3.8) is 0 Å². The lowest BCUT2D eigenvalue weighted by molar-refractivity contribution is 0.107. The van der Waals surface area contributed by atoms with Crippen LogP contribution in [0, 0.1) is 0 Å². The number of hydrogen-bond acceptors (Lipinski definition) is 4. The molecule has 0 saturated carbocycles. The third-order valence-electron chi connectivity index (χ3n) is 4.49. The highest BCUT2D eigenvalue weighted by Gasteiger charge is 2.28. The van der Waals surface area contributed by atoms with Gasteiger partial charge in [-0.3, -0.25) is 4.90 Å². The van der Waals surface area contributed by atoms with Crippen LogP contribution in [0.5, 0.6) is 0 Å². The lowest BCUT2D eigenvalue weighted by Crippen LogP contribution is -2.45. The van der Waals surface area contributed by atoms with Crippen molar-refractivity contribution in [1.82, 2.24) is 19.4 Å². The molecular weight excluding hydrogens is 250 g/mol. The highest BCUT2D eigenvalue weighted by atomic mass is 15.2. The quantitative estimate of drug-likeness (QED) is 0.887. The van der Waals surface area contributed by atoms with Crippen LogP contribution >= 0.6 is 0 Å². The van der Waals surface area contributed by atoms with Gasteiger partial charge in [0.15, 0.2) is 0 Å². The number of nitrogens with zero attached hydrogens (tertiary/aromatic N) is 4. The van der Waals surface area contributed by atoms with Crippen molar-refractivity contribution in [1.29, 1.82) is 0 Å². The van der Waals surface area contributed by atoms with E-state index < -0.39 is 0 Å². The van der Waals surface area contributed by atoms with Crippen molar-refractivity contribution in [2.24, 2.45) is 5.73 Å². The van der Waals surface area contributed by atoms with Crippen LogP contribution in [0.4, 0.5) is 0 Å². The molecule has 2 heterocycles.